The van der Waals surface area contributed by atoms with Crippen molar-refractivity contribution in [2.75, 3.05) is 11.3 Å². The lowest BCUT2D eigenvalue weighted by atomic mass is 10.2. The van der Waals surface area contributed by atoms with E-state index in [0.717, 1.165) is 0 Å². The summed E-state index contributed by atoms with van der Waals surface area (Å²) >= 11 is 5.92. The van der Waals surface area contributed by atoms with Gasteiger partial charge in [0.25, 0.3) is 11.6 Å². The Morgan fingerprint density at radius 1 is 1.55 bits per heavy atom. The highest BCUT2D eigenvalue weighted by atomic mass is 35.5. The number of anilines is 1. The number of nitrogens with two attached hydrogens (primary N) is 1. The first kappa shape index (κ1) is 13.7. The largest absolute Gasteiger partial charge is 0.335 e. The van der Waals surface area contributed by atoms with Crippen molar-refractivity contribution in [3.63, 3.8) is 0 Å². The lowest BCUT2D eigenvalue weighted by molar-refractivity contribution is -0.384. The molecule has 0 radical (unpaired) electrons. The van der Waals surface area contributed by atoms with Crippen molar-refractivity contribution < 1.29 is 4.92 Å². The standard InChI is InChI=1S/C10H10ClN7O2/c1-6-14-16-10(17(6)12)15-13-5-7-4-8(18(19)20)2-3-9(7)11/h2-5H,12H2,1H3,(H,15,16)/b13-5-. The van der Waals surface area contributed by atoms with Gasteiger partial charge in [-0.25, -0.2) is 10.1 Å². The third kappa shape index (κ3) is 2.83. The second kappa shape index (κ2) is 5.53. The molecule has 0 saturated carbocycles. The van der Waals surface area contributed by atoms with Crippen LogP contribution in [0.5, 0.6) is 0 Å². The van der Waals surface area contributed by atoms with Crippen molar-refractivity contribution in [3.8, 4) is 0 Å². The highest BCUT2D eigenvalue weighted by molar-refractivity contribution is 6.33. The Balaban J connectivity index is 2.17. The molecule has 0 aliphatic rings. The van der Waals surface area contributed by atoms with E-state index in [1.54, 1.807) is 6.92 Å². The highest BCUT2D eigenvalue weighted by Gasteiger charge is 2.08. The topological polar surface area (TPSA) is 124 Å². The predicted molar refractivity (Wildman–Crippen MR) is 74.2 cm³/mol. The molecule has 0 spiro atoms. The van der Waals surface area contributed by atoms with Crippen molar-refractivity contribution in [1.82, 2.24) is 14.9 Å². The normalized spacial score (nSPS) is 10.9. The maximum absolute atomic E-state index is 10.7. The highest BCUT2D eigenvalue weighted by Crippen LogP contribution is 2.20. The SMILES string of the molecule is Cc1nnc(N/N=C\c2cc([N+](=O)[O-])ccc2Cl)n1N. The summed E-state index contributed by atoms with van der Waals surface area (Å²) in [7, 11) is 0. The van der Waals surface area contributed by atoms with Crippen LogP contribution in [-0.4, -0.2) is 26.0 Å². The first-order valence-corrected chi connectivity index (χ1v) is 5.77. The zero-order valence-electron chi connectivity index (χ0n) is 10.3. The Kier molecular flexibility index (Phi) is 3.80. The zero-order chi connectivity index (χ0) is 14.7. The van der Waals surface area contributed by atoms with Crippen LogP contribution in [0.2, 0.25) is 5.02 Å². The number of aromatic nitrogens is 3. The number of aryl methyl sites for hydroxylation is 1. The van der Waals surface area contributed by atoms with E-state index >= 15 is 0 Å². The van der Waals surface area contributed by atoms with Crippen molar-refractivity contribution in [3.05, 3.63) is 44.7 Å². The maximum Gasteiger partial charge on any atom is 0.270 e. The van der Waals surface area contributed by atoms with E-state index in [1.165, 1.54) is 29.1 Å². The van der Waals surface area contributed by atoms with Crippen molar-refractivity contribution in [2.24, 2.45) is 5.10 Å². The minimum Gasteiger partial charge on any atom is -0.335 e. The Morgan fingerprint density at radius 2 is 2.30 bits per heavy atom. The van der Waals surface area contributed by atoms with Crippen molar-refractivity contribution in [1.29, 1.82) is 0 Å². The molecule has 20 heavy (non-hydrogen) atoms. The van der Waals surface area contributed by atoms with E-state index in [0.29, 0.717) is 16.4 Å². The van der Waals surface area contributed by atoms with Gasteiger partial charge in [0.2, 0.25) is 0 Å². The summed E-state index contributed by atoms with van der Waals surface area (Å²) in [5.41, 5.74) is 2.88. The molecule has 0 aliphatic carbocycles. The number of nitrogens with zero attached hydrogens (tertiary/aromatic N) is 5. The number of nitrogens with one attached hydrogen (secondary N) is 1. The van der Waals surface area contributed by atoms with E-state index < -0.39 is 4.92 Å². The first-order chi connectivity index (χ1) is 9.49. The molecule has 0 aliphatic heterocycles. The van der Waals surface area contributed by atoms with Gasteiger partial charge in [-0.2, -0.15) is 5.10 Å². The fraction of sp³-hybridized carbons (Fsp3) is 0.100. The third-order valence-electron chi connectivity index (χ3n) is 2.42. The molecule has 0 unspecified atom stereocenters. The molecular formula is C10H10ClN7O2. The van der Waals surface area contributed by atoms with E-state index in [2.05, 4.69) is 20.7 Å². The first-order valence-electron chi connectivity index (χ1n) is 5.39. The molecule has 2 rings (SSSR count). The number of nitrogen functional groups attached to an aromatic ring is 1. The number of hydrogen-bond donors (Lipinski definition) is 2. The molecule has 0 fully saturated rings. The predicted octanol–water partition coefficient (Wildman–Crippen LogP) is 1.31. The summed E-state index contributed by atoms with van der Waals surface area (Å²) < 4.78 is 1.21. The maximum atomic E-state index is 10.7. The number of halogens is 1. The van der Waals surface area contributed by atoms with Gasteiger partial charge in [0, 0.05) is 22.7 Å². The van der Waals surface area contributed by atoms with Gasteiger partial charge in [-0.3, -0.25) is 10.1 Å². The number of benzene rings is 1. The average Bonchev–Trinajstić information content (AvgIpc) is 2.72. The van der Waals surface area contributed by atoms with Gasteiger partial charge >= 0.3 is 0 Å². The van der Waals surface area contributed by atoms with Crippen LogP contribution in [0.4, 0.5) is 11.6 Å². The molecule has 0 bridgehead atoms. The molecule has 2 aromatic rings. The van der Waals surface area contributed by atoms with Gasteiger partial charge in [0.05, 0.1) is 11.1 Å². The van der Waals surface area contributed by atoms with E-state index in [4.69, 9.17) is 17.4 Å². The number of hydrazone groups is 1. The summed E-state index contributed by atoms with van der Waals surface area (Å²) in [5.74, 6) is 6.36. The Hall–Kier alpha value is -2.68. The molecule has 0 saturated heterocycles. The molecule has 1 heterocycles. The van der Waals surface area contributed by atoms with E-state index in [1.807, 2.05) is 0 Å². The number of nitro groups is 1. The van der Waals surface area contributed by atoms with Crippen LogP contribution in [0.15, 0.2) is 23.3 Å². The van der Waals surface area contributed by atoms with Crippen LogP contribution >= 0.6 is 11.6 Å². The molecule has 0 amide bonds. The third-order valence-corrected chi connectivity index (χ3v) is 2.77. The van der Waals surface area contributed by atoms with Gasteiger partial charge in [-0.05, 0) is 13.0 Å². The second-order valence-corrected chi connectivity index (χ2v) is 4.18. The van der Waals surface area contributed by atoms with Crippen LogP contribution in [0.25, 0.3) is 0 Å². The summed E-state index contributed by atoms with van der Waals surface area (Å²) in [6, 6.07) is 4.05. The van der Waals surface area contributed by atoms with Crippen LogP contribution in [-0.2, 0) is 0 Å². The van der Waals surface area contributed by atoms with Crippen LogP contribution in [0.1, 0.15) is 11.4 Å². The Labute approximate surface area is 118 Å². The molecule has 1 aromatic heterocycles. The van der Waals surface area contributed by atoms with E-state index in [9.17, 15) is 10.1 Å². The number of non-ortho nitro benzene ring substituents is 1. The Morgan fingerprint density at radius 3 is 2.90 bits per heavy atom. The number of nitro benzene ring substituents is 1. The molecule has 1 aromatic carbocycles. The lowest BCUT2D eigenvalue weighted by Crippen LogP contribution is -2.13. The Bertz CT molecular complexity index is 682. The van der Waals surface area contributed by atoms with Crippen LogP contribution in [0.3, 0.4) is 0 Å². The fourth-order valence-corrected chi connectivity index (χ4v) is 1.52. The summed E-state index contributed by atoms with van der Waals surface area (Å²) in [5, 5.41) is 22.3. The summed E-state index contributed by atoms with van der Waals surface area (Å²) in [4.78, 5) is 10.2. The van der Waals surface area contributed by atoms with Crippen LogP contribution < -0.4 is 11.3 Å². The van der Waals surface area contributed by atoms with Gasteiger partial charge in [-0.1, -0.05) is 11.6 Å². The minimum atomic E-state index is -0.513. The molecule has 104 valence electrons. The van der Waals surface area contributed by atoms with Gasteiger partial charge < -0.3 is 5.84 Å². The molecule has 9 nitrogen and oxygen atoms in total. The fourth-order valence-electron chi connectivity index (χ4n) is 1.35. The van der Waals surface area contributed by atoms with Gasteiger partial charge in [-0.15, -0.1) is 10.2 Å². The summed E-state index contributed by atoms with van der Waals surface area (Å²) in [6.07, 6.45) is 1.33. The van der Waals surface area contributed by atoms with Crippen LogP contribution in [0, 0.1) is 17.0 Å². The molecule has 10 heteroatoms. The van der Waals surface area contributed by atoms with Gasteiger partial charge in [0.1, 0.15) is 0 Å². The van der Waals surface area contributed by atoms with Crippen molar-refractivity contribution in [2.45, 2.75) is 6.92 Å². The average molecular weight is 296 g/mol. The molecule has 0 atom stereocenters. The summed E-state index contributed by atoms with van der Waals surface area (Å²) in [6.45, 7) is 1.68. The molecule has 3 N–H and O–H groups in total. The number of hydrogen-bond acceptors (Lipinski definition) is 7. The molecular weight excluding hydrogens is 286 g/mol. The van der Waals surface area contributed by atoms with Gasteiger partial charge in [0.15, 0.2) is 5.82 Å². The number of rotatable bonds is 4. The van der Waals surface area contributed by atoms with Crippen molar-refractivity contribution >= 4 is 29.5 Å². The minimum absolute atomic E-state index is 0.0753. The monoisotopic (exact) mass is 295 g/mol. The van der Waals surface area contributed by atoms with E-state index in [-0.39, 0.29) is 11.6 Å². The second-order valence-electron chi connectivity index (χ2n) is 3.77. The smallest absolute Gasteiger partial charge is 0.270 e. The quantitative estimate of drug-likeness (QED) is 0.379. The zero-order valence-corrected chi connectivity index (χ0v) is 11.1. The lowest BCUT2D eigenvalue weighted by Gasteiger charge is -2.00.